The molecule has 5 nitrogen and oxygen atoms in total. The maximum atomic E-state index is 10.1. The second-order valence-corrected chi connectivity index (χ2v) is 5.83. The SMILES string of the molecule is Oc1ccc2ccccc2c1/C=N/N=C1\CC(c2ccccc2)N=N1. The molecule has 0 saturated heterocycles. The van der Waals surface area contributed by atoms with Crippen molar-refractivity contribution in [2.24, 2.45) is 20.4 Å². The summed E-state index contributed by atoms with van der Waals surface area (Å²) < 4.78 is 0. The first-order valence-corrected chi connectivity index (χ1v) is 8.08. The second kappa shape index (κ2) is 6.65. The summed E-state index contributed by atoms with van der Waals surface area (Å²) in [6.07, 6.45) is 2.19. The molecule has 0 bridgehead atoms. The predicted molar refractivity (Wildman–Crippen MR) is 99.3 cm³/mol. The van der Waals surface area contributed by atoms with E-state index in [-0.39, 0.29) is 11.8 Å². The van der Waals surface area contributed by atoms with E-state index >= 15 is 0 Å². The van der Waals surface area contributed by atoms with E-state index in [4.69, 9.17) is 0 Å². The van der Waals surface area contributed by atoms with E-state index in [2.05, 4.69) is 20.4 Å². The molecule has 1 atom stereocenters. The number of nitrogens with zero attached hydrogens (tertiary/aromatic N) is 4. The van der Waals surface area contributed by atoms with E-state index in [0.29, 0.717) is 17.8 Å². The summed E-state index contributed by atoms with van der Waals surface area (Å²) in [5, 5.41) is 28.7. The maximum Gasteiger partial charge on any atom is 0.175 e. The number of amidine groups is 1. The smallest absolute Gasteiger partial charge is 0.175 e. The lowest BCUT2D eigenvalue weighted by Crippen LogP contribution is -1.95. The zero-order chi connectivity index (χ0) is 17.1. The Hall–Kier alpha value is -3.34. The van der Waals surface area contributed by atoms with E-state index in [1.807, 2.05) is 60.7 Å². The second-order valence-electron chi connectivity index (χ2n) is 5.83. The third kappa shape index (κ3) is 3.17. The van der Waals surface area contributed by atoms with Crippen molar-refractivity contribution in [2.75, 3.05) is 0 Å². The lowest BCUT2D eigenvalue weighted by molar-refractivity contribution is 0.475. The number of benzene rings is 3. The molecule has 1 unspecified atom stereocenters. The fourth-order valence-electron chi connectivity index (χ4n) is 2.88. The molecule has 122 valence electrons. The zero-order valence-corrected chi connectivity index (χ0v) is 13.4. The van der Waals surface area contributed by atoms with Crippen LogP contribution in [0.4, 0.5) is 0 Å². The standard InChI is InChI=1S/C20H16N4O/c25-19-11-10-14-6-4-5-9-16(14)17(19)13-21-23-20-12-18(22-24-20)15-7-2-1-3-8-15/h1-11,13,18,25H,12H2/b21-13+,23-20+. The molecule has 3 aromatic rings. The molecular formula is C20H16N4O. The van der Waals surface area contributed by atoms with Gasteiger partial charge in [-0.1, -0.05) is 60.7 Å². The number of phenolic OH excluding ortho intramolecular Hbond substituents is 1. The molecule has 4 rings (SSSR count). The monoisotopic (exact) mass is 328 g/mol. The van der Waals surface area contributed by atoms with Gasteiger partial charge < -0.3 is 5.11 Å². The molecule has 0 aromatic heterocycles. The Labute approximate surface area is 145 Å². The normalized spacial score (nSPS) is 18.6. The number of rotatable bonds is 3. The van der Waals surface area contributed by atoms with Gasteiger partial charge in [0.15, 0.2) is 5.84 Å². The molecule has 0 aliphatic carbocycles. The van der Waals surface area contributed by atoms with Gasteiger partial charge in [-0.05, 0) is 22.4 Å². The Morgan fingerprint density at radius 1 is 0.960 bits per heavy atom. The van der Waals surface area contributed by atoms with Crippen LogP contribution in [0.1, 0.15) is 23.6 Å². The number of hydrogen-bond acceptors (Lipinski definition) is 4. The number of fused-ring (bicyclic) bond motifs is 1. The van der Waals surface area contributed by atoms with Crippen LogP contribution in [-0.4, -0.2) is 17.2 Å². The summed E-state index contributed by atoms with van der Waals surface area (Å²) in [6.45, 7) is 0. The highest BCUT2D eigenvalue weighted by molar-refractivity contribution is 6.02. The van der Waals surface area contributed by atoms with Crippen molar-refractivity contribution in [3.8, 4) is 5.75 Å². The van der Waals surface area contributed by atoms with Gasteiger partial charge in [-0.15, -0.1) is 10.2 Å². The summed E-state index contributed by atoms with van der Waals surface area (Å²) >= 11 is 0. The third-order valence-corrected chi connectivity index (χ3v) is 4.18. The molecule has 1 N–H and O–H groups in total. The molecule has 0 saturated carbocycles. The van der Waals surface area contributed by atoms with E-state index in [1.54, 1.807) is 12.3 Å². The van der Waals surface area contributed by atoms with Gasteiger partial charge in [-0.2, -0.15) is 10.2 Å². The van der Waals surface area contributed by atoms with Gasteiger partial charge in [0.1, 0.15) is 11.8 Å². The molecule has 0 spiro atoms. The summed E-state index contributed by atoms with van der Waals surface area (Å²) in [6, 6.07) is 21.4. The Bertz CT molecular complexity index is 993. The fourth-order valence-corrected chi connectivity index (χ4v) is 2.88. The first-order valence-electron chi connectivity index (χ1n) is 8.08. The van der Waals surface area contributed by atoms with Crippen molar-refractivity contribution >= 4 is 22.8 Å². The quantitative estimate of drug-likeness (QED) is 0.540. The minimum Gasteiger partial charge on any atom is -0.507 e. The van der Waals surface area contributed by atoms with Crippen LogP contribution in [-0.2, 0) is 0 Å². The summed E-state index contributed by atoms with van der Waals surface area (Å²) in [7, 11) is 0. The van der Waals surface area contributed by atoms with Gasteiger partial charge in [0.05, 0.1) is 6.21 Å². The number of phenols is 1. The minimum atomic E-state index is 0.00103. The maximum absolute atomic E-state index is 10.1. The van der Waals surface area contributed by atoms with Crippen LogP contribution in [0.2, 0.25) is 0 Å². The van der Waals surface area contributed by atoms with Crippen LogP contribution < -0.4 is 0 Å². The van der Waals surface area contributed by atoms with Crippen LogP contribution >= 0.6 is 0 Å². The van der Waals surface area contributed by atoms with Crippen LogP contribution in [0.15, 0.2) is 87.2 Å². The summed E-state index contributed by atoms with van der Waals surface area (Å²) in [4.78, 5) is 0. The van der Waals surface area contributed by atoms with Gasteiger partial charge in [-0.25, -0.2) is 0 Å². The lowest BCUT2D eigenvalue weighted by atomic mass is 10.0. The van der Waals surface area contributed by atoms with Crippen molar-refractivity contribution < 1.29 is 5.11 Å². The molecule has 25 heavy (non-hydrogen) atoms. The summed E-state index contributed by atoms with van der Waals surface area (Å²) in [5.74, 6) is 0.766. The average Bonchev–Trinajstić information content (AvgIpc) is 3.13. The first kappa shape index (κ1) is 15.2. The molecule has 3 aromatic carbocycles. The fraction of sp³-hybridized carbons (Fsp3) is 0.100. The van der Waals surface area contributed by atoms with Crippen molar-refractivity contribution in [3.63, 3.8) is 0 Å². The van der Waals surface area contributed by atoms with E-state index in [1.165, 1.54) is 0 Å². The molecule has 1 heterocycles. The molecule has 0 amide bonds. The first-order chi connectivity index (χ1) is 12.3. The molecule has 0 radical (unpaired) electrons. The van der Waals surface area contributed by atoms with E-state index in [0.717, 1.165) is 16.3 Å². The predicted octanol–water partition coefficient (Wildman–Crippen LogP) is 4.88. The average molecular weight is 328 g/mol. The van der Waals surface area contributed by atoms with Crippen molar-refractivity contribution in [2.45, 2.75) is 12.5 Å². The number of hydrogen-bond donors (Lipinski definition) is 1. The van der Waals surface area contributed by atoms with Crippen LogP contribution in [0.3, 0.4) is 0 Å². The Morgan fingerprint density at radius 2 is 1.76 bits per heavy atom. The Balaban J connectivity index is 1.55. The summed E-state index contributed by atoms with van der Waals surface area (Å²) in [5.41, 5.74) is 1.77. The molecular weight excluding hydrogens is 312 g/mol. The molecule has 1 aliphatic heterocycles. The van der Waals surface area contributed by atoms with Crippen LogP contribution in [0.25, 0.3) is 10.8 Å². The van der Waals surface area contributed by atoms with Gasteiger partial charge in [-0.3, -0.25) is 0 Å². The molecule has 0 fully saturated rings. The number of azo groups is 1. The zero-order valence-electron chi connectivity index (χ0n) is 13.4. The van der Waals surface area contributed by atoms with Crippen molar-refractivity contribution in [1.29, 1.82) is 0 Å². The largest absolute Gasteiger partial charge is 0.507 e. The molecule has 1 aliphatic rings. The van der Waals surface area contributed by atoms with Gasteiger partial charge in [0.2, 0.25) is 0 Å². The van der Waals surface area contributed by atoms with Gasteiger partial charge >= 0.3 is 0 Å². The molecule has 5 heteroatoms. The minimum absolute atomic E-state index is 0.00103. The Kier molecular flexibility index (Phi) is 4.04. The highest BCUT2D eigenvalue weighted by atomic mass is 16.3. The highest BCUT2D eigenvalue weighted by Gasteiger charge is 2.19. The van der Waals surface area contributed by atoms with Crippen molar-refractivity contribution in [1.82, 2.24) is 0 Å². The third-order valence-electron chi connectivity index (χ3n) is 4.18. The van der Waals surface area contributed by atoms with Crippen molar-refractivity contribution in [3.05, 3.63) is 77.9 Å². The van der Waals surface area contributed by atoms with Gasteiger partial charge in [0, 0.05) is 12.0 Å². The van der Waals surface area contributed by atoms with Crippen LogP contribution in [0, 0.1) is 0 Å². The van der Waals surface area contributed by atoms with E-state index < -0.39 is 0 Å². The van der Waals surface area contributed by atoms with E-state index in [9.17, 15) is 5.11 Å². The van der Waals surface area contributed by atoms with Crippen LogP contribution in [0.5, 0.6) is 5.75 Å². The Morgan fingerprint density at radius 3 is 2.64 bits per heavy atom. The number of aromatic hydroxyl groups is 1. The van der Waals surface area contributed by atoms with Gasteiger partial charge in [0.25, 0.3) is 0 Å². The highest BCUT2D eigenvalue weighted by Crippen LogP contribution is 2.28. The lowest BCUT2D eigenvalue weighted by Gasteiger charge is -2.04. The topological polar surface area (TPSA) is 69.7 Å².